The fourth-order valence-corrected chi connectivity index (χ4v) is 1.81. The molecule has 4 heteroatoms. The van der Waals surface area contributed by atoms with Crippen molar-refractivity contribution in [3.8, 4) is 5.75 Å². The van der Waals surface area contributed by atoms with Crippen LogP contribution in [-0.2, 0) is 9.53 Å². The highest BCUT2D eigenvalue weighted by atomic mass is 16.5. The van der Waals surface area contributed by atoms with Gasteiger partial charge in [0.05, 0.1) is 7.11 Å². The van der Waals surface area contributed by atoms with Gasteiger partial charge >= 0.3 is 5.97 Å². The van der Waals surface area contributed by atoms with Crippen molar-refractivity contribution in [2.24, 2.45) is 0 Å². The van der Waals surface area contributed by atoms with Crippen molar-refractivity contribution in [2.75, 3.05) is 20.3 Å². The summed E-state index contributed by atoms with van der Waals surface area (Å²) in [5.41, 5.74) is 2.26. The Morgan fingerprint density at radius 1 is 1.37 bits per heavy atom. The Kier molecular flexibility index (Phi) is 6.36. The van der Waals surface area contributed by atoms with Crippen LogP contribution in [0.5, 0.6) is 5.75 Å². The second-order valence-corrected chi connectivity index (χ2v) is 4.61. The summed E-state index contributed by atoms with van der Waals surface area (Å²) in [6.45, 7) is 7.12. The van der Waals surface area contributed by atoms with Crippen molar-refractivity contribution in [3.05, 3.63) is 29.3 Å². The zero-order chi connectivity index (χ0) is 14.3. The molecule has 0 spiro atoms. The number of ether oxygens (including phenoxy) is 2. The summed E-state index contributed by atoms with van der Waals surface area (Å²) in [6, 6.07) is 5.56. The quantitative estimate of drug-likeness (QED) is 0.768. The third-order valence-corrected chi connectivity index (χ3v) is 2.86. The lowest BCUT2D eigenvalue weighted by molar-refractivity contribution is -0.143. The van der Waals surface area contributed by atoms with E-state index in [1.165, 1.54) is 12.7 Å². The van der Waals surface area contributed by atoms with Gasteiger partial charge in [-0.15, -0.1) is 0 Å². The summed E-state index contributed by atoms with van der Waals surface area (Å²) in [5, 5.41) is 3.12. The molecule has 1 rings (SSSR count). The molecule has 1 N–H and O–H groups in total. The number of carbonyl (C=O) groups is 1. The normalized spacial score (nSPS) is 12.0. The standard InChI is InChI=1S/C15H23NO3/c1-5-8-16-13(15(17)18-4)10-19-14-7-6-11(2)9-12(14)3/h6-7,9,13,16H,5,8,10H2,1-4H3. The first kappa shape index (κ1) is 15.5. The molecule has 0 amide bonds. The van der Waals surface area contributed by atoms with Crippen LogP contribution in [0.2, 0.25) is 0 Å². The number of hydrogen-bond acceptors (Lipinski definition) is 4. The molecular formula is C15H23NO3. The number of nitrogens with one attached hydrogen (secondary N) is 1. The average Bonchev–Trinajstić information content (AvgIpc) is 2.40. The Morgan fingerprint density at radius 3 is 2.68 bits per heavy atom. The van der Waals surface area contributed by atoms with Gasteiger partial charge in [-0.05, 0) is 38.4 Å². The van der Waals surface area contributed by atoms with Crippen molar-refractivity contribution < 1.29 is 14.3 Å². The minimum atomic E-state index is -0.425. The fourth-order valence-electron chi connectivity index (χ4n) is 1.81. The van der Waals surface area contributed by atoms with E-state index < -0.39 is 6.04 Å². The topological polar surface area (TPSA) is 47.6 Å². The first-order valence-corrected chi connectivity index (χ1v) is 6.59. The van der Waals surface area contributed by atoms with Crippen LogP contribution in [0.1, 0.15) is 24.5 Å². The number of benzene rings is 1. The molecule has 106 valence electrons. The molecule has 0 aliphatic carbocycles. The van der Waals surface area contributed by atoms with Gasteiger partial charge in [-0.1, -0.05) is 24.6 Å². The van der Waals surface area contributed by atoms with Crippen molar-refractivity contribution in [3.63, 3.8) is 0 Å². The van der Waals surface area contributed by atoms with Crippen molar-refractivity contribution in [2.45, 2.75) is 33.2 Å². The summed E-state index contributed by atoms with van der Waals surface area (Å²) in [6.07, 6.45) is 0.955. The highest BCUT2D eigenvalue weighted by Gasteiger charge is 2.19. The van der Waals surface area contributed by atoms with Crippen molar-refractivity contribution in [1.82, 2.24) is 5.32 Å². The maximum absolute atomic E-state index is 11.6. The molecule has 0 saturated carbocycles. The predicted octanol–water partition coefficient (Wildman–Crippen LogP) is 2.22. The Balaban J connectivity index is 2.62. The number of aryl methyl sites for hydroxylation is 2. The zero-order valence-corrected chi connectivity index (χ0v) is 12.2. The first-order chi connectivity index (χ1) is 9.08. The predicted molar refractivity (Wildman–Crippen MR) is 75.5 cm³/mol. The highest BCUT2D eigenvalue weighted by Crippen LogP contribution is 2.18. The summed E-state index contributed by atoms with van der Waals surface area (Å²) in [4.78, 5) is 11.6. The van der Waals surface area contributed by atoms with Crippen LogP contribution in [0.4, 0.5) is 0 Å². The van der Waals surface area contributed by atoms with Crippen LogP contribution < -0.4 is 10.1 Å². The van der Waals surface area contributed by atoms with E-state index >= 15 is 0 Å². The summed E-state index contributed by atoms with van der Waals surface area (Å²) in [7, 11) is 1.39. The number of esters is 1. The van der Waals surface area contributed by atoms with Gasteiger partial charge < -0.3 is 14.8 Å². The molecule has 0 aliphatic rings. The molecule has 0 aliphatic heterocycles. The van der Waals surface area contributed by atoms with Crippen LogP contribution in [0.15, 0.2) is 18.2 Å². The van der Waals surface area contributed by atoms with Gasteiger partial charge in [-0.2, -0.15) is 0 Å². The molecule has 0 fully saturated rings. The Bertz CT molecular complexity index is 418. The molecule has 0 aromatic heterocycles. The van der Waals surface area contributed by atoms with Crippen molar-refractivity contribution >= 4 is 5.97 Å². The molecule has 0 saturated heterocycles. The van der Waals surface area contributed by atoms with Gasteiger partial charge in [0.15, 0.2) is 0 Å². The Morgan fingerprint density at radius 2 is 2.11 bits per heavy atom. The molecule has 0 heterocycles. The Hall–Kier alpha value is -1.55. The van der Waals surface area contributed by atoms with E-state index in [1.807, 2.05) is 32.9 Å². The van der Waals surface area contributed by atoms with Gasteiger partial charge in [-0.3, -0.25) is 4.79 Å². The van der Waals surface area contributed by atoms with E-state index in [9.17, 15) is 4.79 Å². The van der Waals surface area contributed by atoms with Gasteiger partial charge in [0, 0.05) is 0 Å². The third kappa shape index (κ3) is 4.91. The SMILES string of the molecule is CCCNC(COc1ccc(C)cc1C)C(=O)OC. The minimum Gasteiger partial charge on any atom is -0.491 e. The van der Waals surface area contributed by atoms with E-state index in [1.54, 1.807) is 0 Å². The third-order valence-electron chi connectivity index (χ3n) is 2.86. The smallest absolute Gasteiger partial charge is 0.326 e. The van der Waals surface area contributed by atoms with Crippen LogP contribution in [0, 0.1) is 13.8 Å². The molecule has 1 unspecified atom stereocenters. The lowest BCUT2D eigenvalue weighted by atomic mass is 10.1. The van der Waals surface area contributed by atoms with E-state index in [0.29, 0.717) is 0 Å². The van der Waals surface area contributed by atoms with Crippen LogP contribution in [0.25, 0.3) is 0 Å². The maximum atomic E-state index is 11.6. The second-order valence-electron chi connectivity index (χ2n) is 4.61. The Labute approximate surface area is 115 Å². The van der Waals surface area contributed by atoms with Gasteiger partial charge in [0.2, 0.25) is 0 Å². The first-order valence-electron chi connectivity index (χ1n) is 6.59. The number of rotatable bonds is 7. The van der Waals surface area contributed by atoms with Gasteiger partial charge in [0.25, 0.3) is 0 Å². The van der Waals surface area contributed by atoms with Crippen LogP contribution >= 0.6 is 0 Å². The summed E-state index contributed by atoms with van der Waals surface area (Å²) in [5.74, 6) is 0.510. The maximum Gasteiger partial charge on any atom is 0.326 e. The molecule has 1 aromatic carbocycles. The van der Waals surface area contributed by atoms with E-state index in [0.717, 1.165) is 24.3 Å². The number of methoxy groups -OCH3 is 1. The molecule has 0 radical (unpaired) electrons. The molecule has 1 atom stereocenters. The second kappa shape index (κ2) is 7.79. The molecule has 0 bridgehead atoms. The van der Waals surface area contributed by atoms with E-state index in [4.69, 9.17) is 9.47 Å². The van der Waals surface area contributed by atoms with E-state index in [-0.39, 0.29) is 12.6 Å². The van der Waals surface area contributed by atoms with Gasteiger partial charge in [0.1, 0.15) is 18.4 Å². The lowest BCUT2D eigenvalue weighted by Crippen LogP contribution is -2.42. The minimum absolute atomic E-state index is 0.274. The van der Waals surface area contributed by atoms with Crippen LogP contribution in [-0.4, -0.2) is 32.3 Å². The van der Waals surface area contributed by atoms with Crippen molar-refractivity contribution in [1.29, 1.82) is 0 Å². The number of carbonyl (C=O) groups excluding carboxylic acids is 1. The summed E-state index contributed by atoms with van der Waals surface area (Å²) >= 11 is 0. The van der Waals surface area contributed by atoms with Gasteiger partial charge in [-0.25, -0.2) is 0 Å². The molecular weight excluding hydrogens is 242 g/mol. The summed E-state index contributed by atoms with van der Waals surface area (Å²) < 4.78 is 10.5. The highest BCUT2D eigenvalue weighted by molar-refractivity contribution is 5.75. The number of hydrogen-bond donors (Lipinski definition) is 1. The van der Waals surface area contributed by atoms with E-state index in [2.05, 4.69) is 11.4 Å². The zero-order valence-electron chi connectivity index (χ0n) is 12.2. The largest absolute Gasteiger partial charge is 0.491 e. The average molecular weight is 265 g/mol. The lowest BCUT2D eigenvalue weighted by Gasteiger charge is -2.17. The van der Waals surface area contributed by atoms with Crippen LogP contribution in [0.3, 0.4) is 0 Å². The fraction of sp³-hybridized carbons (Fsp3) is 0.533. The monoisotopic (exact) mass is 265 g/mol. The molecule has 4 nitrogen and oxygen atoms in total. The molecule has 19 heavy (non-hydrogen) atoms. The molecule has 1 aromatic rings.